The van der Waals surface area contributed by atoms with E-state index in [0.29, 0.717) is 18.0 Å². The molecule has 5 rings (SSSR count). The van der Waals surface area contributed by atoms with Gasteiger partial charge in [-0.3, -0.25) is 9.88 Å². The van der Waals surface area contributed by atoms with Gasteiger partial charge in [-0.05, 0) is 64.7 Å². The van der Waals surface area contributed by atoms with E-state index in [2.05, 4.69) is 27.4 Å². The zero-order chi connectivity index (χ0) is 18.6. The monoisotopic (exact) mass is 396 g/mol. The van der Waals surface area contributed by atoms with Crippen molar-refractivity contribution in [3.8, 4) is 11.1 Å². The molecule has 0 radical (unpaired) electrons. The minimum absolute atomic E-state index is 0.0494. The van der Waals surface area contributed by atoms with Gasteiger partial charge in [-0.2, -0.15) is 11.3 Å². The third kappa shape index (κ3) is 2.83. The van der Waals surface area contributed by atoms with E-state index in [0.717, 1.165) is 34.6 Å². The van der Waals surface area contributed by atoms with E-state index in [1.54, 1.807) is 11.3 Å². The second-order valence-corrected chi connectivity index (χ2v) is 10.3. The fraction of sp³-hybridized carbons (Fsp3) is 0.286. The Morgan fingerprint density at radius 3 is 2.81 bits per heavy atom. The summed E-state index contributed by atoms with van der Waals surface area (Å²) in [6, 6.07) is 13.9. The molecule has 0 unspecified atom stereocenters. The Labute approximate surface area is 163 Å². The Balaban J connectivity index is 1.47. The highest BCUT2D eigenvalue weighted by Crippen LogP contribution is 2.46. The fourth-order valence-corrected chi connectivity index (χ4v) is 7.24. The molecule has 1 aromatic carbocycles. The number of hydrogen-bond donors (Lipinski definition) is 0. The summed E-state index contributed by atoms with van der Waals surface area (Å²) in [5.41, 5.74) is 5.24. The lowest BCUT2D eigenvalue weighted by Gasteiger charge is -2.17. The number of nitrogens with zero attached hydrogens (tertiary/aromatic N) is 2. The molecule has 2 atom stereocenters. The van der Waals surface area contributed by atoms with E-state index in [9.17, 15) is 8.42 Å². The van der Waals surface area contributed by atoms with Crippen LogP contribution in [0.4, 0.5) is 0 Å². The number of hydrogen-bond acceptors (Lipinski definition) is 5. The highest BCUT2D eigenvalue weighted by atomic mass is 32.2. The maximum absolute atomic E-state index is 13.1. The molecule has 138 valence electrons. The maximum atomic E-state index is 13.1. The summed E-state index contributed by atoms with van der Waals surface area (Å²) in [6.07, 6.45) is 0. The van der Waals surface area contributed by atoms with E-state index in [1.807, 2.05) is 42.6 Å². The number of rotatable bonds is 3. The molecule has 0 N–H and O–H groups in total. The average Bonchev–Trinajstić information content (AvgIpc) is 3.34. The lowest BCUT2D eigenvalue weighted by Crippen LogP contribution is -2.26. The molecule has 0 saturated carbocycles. The molecule has 0 spiro atoms. The van der Waals surface area contributed by atoms with Crippen molar-refractivity contribution in [3.05, 3.63) is 70.2 Å². The number of aryl methyl sites for hydroxylation is 1. The molecular formula is C21H20N2O2S2. The standard InChI is InChI=1S/C21H20N2O2S2/c1-14-3-2-4-17(22-14)10-23-11-19-18-9-15(16-7-8-26-13-16)5-6-20(18)27(24,25)21(19)12-23/h2-9,13,19,21H,10-12H2,1H3/t19-,21-/m0/s1. The first-order valence-electron chi connectivity index (χ1n) is 9.08. The number of fused-ring (bicyclic) bond motifs is 3. The highest BCUT2D eigenvalue weighted by Gasteiger charge is 2.50. The molecule has 4 heterocycles. The van der Waals surface area contributed by atoms with Crippen LogP contribution in [-0.2, 0) is 16.4 Å². The molecule has 0 aliphatic carbocycles. The largest absolute Gasteiger partial charge is 0.296 e. The third-order valence-corrected chi connectivity index (χ3v) is 8.59. The zero-order valence-electron chi connectivity index (χ0n) is 15.0. The number of thiophene rings is 1. The van der Waals surface area contributed by atoms with Gasteiger partial charge in [0.25, 0.3) is 0 Å². The summed E-state index contributed by atoms with van der Waals surface area (Å²) in [5.74, 6) is 0.0494. The number of benzene rings is 1. The summed E-state index contributed by atoms with van der Waals surface area (Å²) in [5, 5.41) is 3.82. The van der Waals surface area contributed by atoms with Crippen LogP contribution in [0.2, 0.25) is 0 Å². The van der Waals surface area contributed by atoms with Crippen LogP contribution in [0.25, 0.3) is 11.1 Å². The smallest absolute Gasteiger partial charge is 0.183 e. The van der Waals surface area contributed by atoms with Crippen molar-refractivity contribution in [3.63, 3.8) is 0 Å². The van der Waals surface area contributed by atoms with Gasteiger partial charge in [0, 0.05) is 31.2 Å². The highest BCUT2D eigenvalue weighted by molar-refractivity contribution is 7.92. The van der Waals surface area contributed by atoms with Gasteiger partial charge in [-0.25, -0.2) is 8.42 Å². The van der Waals surface area contributed by atoms with Crippen molar-refractivity contribution < 1.29 is 8.42 Å². The van der Waals surface area contributed by atoms with Gasteiger partial charge in [0.15, 0.2) is 9.84 Å². The Morgan fingerprint density at radius 1 is 1.15 bits per heavy atom. The Morgan fingerprint density at radius 2 is 2.04 bits per heavy atom. The first kappa shape index (κ1) is 17.1. The Kier molecular flexibility index (Phi) is 3.96. The van der Waals surface area contributed by atoms with Gasteiger partial charge < -0.3 is 0 Å². The van der Waals surface area contributed by atoms with Gasteiger partial charge in [0.1, 0.15) is 0 Å². The van der Waals surface area contributed by atoms with E-state index < -0.39 is 9.84 Å². The second-order valence-electron chi connectivity index (χ2n) is 7.42. The lowest BCUT2D eigenvalue weighted by atomic mass is 9.95. The van der Waals surface area contributed by atoms with Crippen molar-refractivity contribution in [2.75, 3.05) is 13.1 Å². The fourth-order valence-electron chi connectivity index (χ4n) is 4.38. The van der Waals surface area contributed by atoms with Crippen LogP contribution >= 0.6 is 11.3 Å². The maximum Gasteiger partial charge on any atom is 0.183 e. The molecule has 0 bridgehead atoms. The van der Waals surface area contributed by atoms with Gasteiger partial charge in [0.2, 0.25) is 0 Å². The zero-order valence-corrected chi connectivity index (χ0v) is 16.6. The third-order valence-electron chi connectivity index (χ3n) is 5.64. The number of likely N-dealkylation sites (tertiary alicyclic amines) is 1. The molecule has 1 saturated heterocycles. The average molecular weight is 397 g/mol. The van der Waals surface area contributed by atoms with Crippen molar-refractivity contribution in [1.82, 2.24) is 9.88 Å². The van der Waals surface area contributed by atoms with Crippen LogP contribution in [0.15, 0.2) is 58.1 Å². The minimum atomic E-state index is -3.26. The van der Waals surface area contributed by atoms with Gasteiger partial charge in [-0.15, -0.1) is 0 Å². The summed E-state index contributed by atoms with van der Waals surface area (Å²) >= 11 is 1.66. The Hall–Kier alpha value is -2.02. The Bertz CT molecular complexity index is 1110. The molecular weight excluding hydrogens is 376 g/mol. The summed E-state index contributed by atoms with van der Waals surface area (Å²) in [7, 11) is -3.26. The molecule has 4 nitrogen and oxygen atoms in total. The summed E-state index contributed by atoms with van der Waals surface area (Å²) < 4.78 is 26.2. The predicted octanol–water partition coefficient (Wildman–Crippen LogP) is 3.87. The quantitative estimate of drug-likeness (QED) is 0.674. The molecule has 27 heavy (non-hydrogen) atoms. The number of pyridine rings is 1. The van der Waals surface area contributed by atoms with Gasteiger partial charge in [-0.1, -0.05) is 12.1 Å². The predicted molar refractivity (Wildman–Crippen MR) is 108 cm³/mol. The van der Waals surface area contributed by atoms with Crippen LogP contribution < -0.4 is 0 Å². The lowest BCUT2D eigenvalue weighted by molar-refractivity contribution is 0.321. The van der Waals surface area contributed by atoms with E-state index in [1.165, 1.54) is 0 Å². The van der Waals surface area contributed by atoms with Crippen LogP contribution in [0.3, 0.4) is 0 Å². The molecule has 3 aromatic rings. The van der Waals surface area contributed by atoms with Crippen molar-refractivity contribution in [2.45, 2.75) is 29.5 Å². The van der Waals surface area contributed by atoms with Gasteiger partial charge >= 0.3 is 0 Å². The topological polar surface area (TPSA) is 50.3 Å². The van der Waals surface area contributed by atoms with E-state index >= 15 is 0 Å². The summed E-state index contributed by atoms with van der Waals surface area (Å²) in [4.78, 5) is 7.33. The van der Waals surface area contributed by atoms with Crippen LogP contribution in [0, 0.1) is 6.92 Å². The van der Waals surface area contributed by atoms with Gasteiger partial charge in [0.05, 0.1) is 15.8 Å². The second kappa shape index (κ2) is 6.26. The van der Waals surface area contributed by atoms with Crippen molar-refractivity contribution in [1.29, 1.82) is 0 Å². The normalized spacial score (nSPS) is 23.3. The van der Waals surface area contributed by atoms with Crippen molar-refractivity contribution >= 4 is 21.2 Å². The van der Waals surface area contributed by atoms with Crippen LogP contribution in [0.5, 0.6) is 0 Å². The molecule has 6 heteroatoms. The minimum Gasteiger partial charge on any atom is -0.296 e. The summed E-state index contributed by atoms with van der Waals surface area (Å²) in [6.45, 7) is 4.02. The number of aromatic nitrogens is 1. The molecule has 1 fully saturated rings. The number of sulfone groups is 1. The first-order chi connectivity index (χ1) is 13.0. The van der Waals surface area contributed by atoms with Crippen molar-refractivity contribution in [2.24, 2.45) is 0 Å². The van der Waals surface area contributed by atoms with Crippen LogP contribution in [-0.4, -0.2) is 36.6 Å². The van der Waals surface area contributed by atoms with Crippen LogP contribution in [0.1, 0.15) is 22.9 Å². The molecule has 2 aliphatic rings. The molecule has 2 aromatic heterocycles. The molecule has 0 amide bonds. The van der Waals surface area contributed by atoms with E-state index in [-0.39, 0.29) is 11.2 Å². The first-order valence-corrected chi connectivity index (χ1v) is 11.6. The van der Waals surface area contributed by atoms with E-state index in [4.69, 9.17) is 0 Å². The molecule has 2 aliphatic heterocycles. The SMILES string of the molecule is Cc1cccc(CN2C[C@H]3c4cc(-c5ccsc5)ccc4S(=O)(=O)[C@H]3C2)n1.